The number of carbonyl (C=O) groups excluding carboxylic acids is 1. The van der Waals surface area contributed by atoms with Crippen molar-refractivity contribution in [1.82, 2.24) is 0 Å². The van der Waals surface area contributed by atoms with Crippen molar-refractivity contribution >= 4 is 55.5 Å². The maximum atomic E-state index is 11.5. The van der Waals surface area contributed by atoms with Crippen LogP contribution in [0.15, 0.2) is 40.9 Å². The minimum atomic E-state index is -0.195. The van der Waals surface area contributed by atoms with Gasteiger partial charge in [0.1, 0.15) is 0 Å². The van der Waals surface area contributed by atoms with Gasteiger partial charge in [-0.15, -0.1) is 0 Å². The molecule has 0 heterocycles. The second-order valence-electron chi connectivity index (χ2n) is 3.90. The van der Waals surface area contributed by atoms with E-state index in [2.05, 4.69) is 21.2 Å². The van der Waals surface area contributed by atoms with Gasteiger partial charge in [0.2, 0.25) is 5.91 Å². The van der Waals surface area contributed by atoms with Crippen molar-refractivity contribution in [1.29, 1.82) is 0 Å². The van der Waals surface area contributed by atoms with Gasteiger partial charge in [-0.25, -0.2) is 0 Å². The summed E-state index contributed by atoms with van der Waals surface area (Å²) in [7, 11) is 0. The van der Waals surface area contributed by atoms with E-state index < -0.39 is 0 Å². The van der Waals surface area contributed by atoms with Crippen LogP contribution in [0.2, 0.25) is 0 Å². The number of thiocarbonyl (C=S) groups is 1. The summed E-state index contributed by atoms with van der Waals surface area (Å²) in [6.45, 7) is 0. The van der Waals surface area contributed by atoms with E-state index >= 15 is 0 Å². The van der Waals surface area contributed by atoms with Crippen molar-refractivity contribution < 1.29 is 4.79 Å². The number of hydrogen-bond donors (Lipinski definition) is 2. The number of anilines is 1. The van der Waals surface area contributed by atoms with Crippen LogP contribution in [0.25, 0.3) is 10.8 Å². The van der Waals surface area contributed by atoms with Crippen LogP contribution in [0.1, 0.15) is 6.42 Å². The average molecular weight is 323 g/mol. The first-order chi connectivity index (χ1) is 8.54. The van der Waals surface area contributed by atoms with Gasteiger partial charge in [-0.3, -0.25) is 4.79 Å². The second kappa shape index (κ2) is 5.46. The molecule has 18 heavy (non-hydrogen) atoms. The Labute approximate surface area is 118 Å². The molecular weight excluding hydrogens is 312 g/mol. The molecule has 3 nitrogen and oxygen atoms in total. The fourth-order valence-corrected chi connectivity index (χ4v) is 2.17. The van der Waals surface area contributed by atoms with Crippen LogP contribution in [0.5, 0.6) is 0 Å². The first-order valence-electron chi connectivity index (χ1n) is 5.32. The first-order valence-corrected chi connectivity index (χ1v) is 6.52. The van der Waals surface area contributed by atoms with E-state index in [0.717, 1.165) is 20.9 Å². The summed E-state index contributed by atoms with van der Waals surface area (Å²) in [6.07, 6.45) is 0.0632. The molecule has 0 aromatic heterocycles. The lowest BCUT2D eigenvalue weighted by atomic mass is 10.1. The van der Waals surface area contributed by atoms with Crippen LogP contribution in [0, 0.1) is 0 Å². The van der Waals surface area contributed by atoms with Gasteiger partial charge in [0.15, 0.2) is 0 Å². The smallest absolute Gasteiger partial charge is 0.231 e. The van der Waals surface area contributed by atoms with Crippen LogP contribution in [-0.2, 0) is 4.79 Å². The predicted octanol–water partition coefficient (Wildman–Crippen LogP) is 3.22. The molecule has 0 atom stereocenters. The molecule has 0 aliphatic rings. The van der Waals surface area contributed by atoms with Crippen LogP contribution in [0.3, 0.4) is 0 Å². The van der Waals surface area contributed by atoms with Gasteiger partial charge in [-0.2, -0.15) is 0 Å². The summed E-state index contributed by atoms with van der Waals surface area (Å²) in [6, 6.07) is 11.7. The molecule has 0 fully saturated rings. The van der Waals surface area contributed by atoms with Crippen molar-refractivity contribution in [2.24, 2.45) is 5.73 Å². The molecule has 0 spiro atoms. The molecular formula is C13H11BrN2OS. The summed E-state index contributed by atoms with van der Waals surface area (Å²) < 4.78 is 1.03. The normalized spacial score (nSPS) is 10.3. The number of carbonyl (C=O) groups is 1. The van der Waals surface area contributed by atoms with Gasteiger partial charge in [-0.1, -0.05) is 40.3 Å². The molecule has 0 radical (unpaired) electrons. The zero-order chi connectivity index (χ0) is 13.1. The zero-order valence-corrected chi connectivity index (χ0v) is 11.8. The minimum absolute atomic E-state index is 0.0632. The maximum absolute atomic E-state index is 11.5. The van der Waals surface area contributed by atoms with E-state index in [1.54, 1.807) is 0 Å². The lowest BCUT2D eigenvalue weighted by Gasteiger charge is -2.06. The third-order valence-corrected chi connectivity index (χ3v) is 3.06. The number of halogens is 1. The lowest BCUT2D eigenvalue weighted by molar-refractivity contribution is -0.115. The van der Waals surface area contributed by atoms with Crippen LogP contribution >= 0.6 is 28.1 Å². The largest absolute Gasteiger partial charge is 0.393 e. The molecule has 0 unspecified atom stereocenters. The number of benzene rings is 2. The van der Waals surface area contributed by atoms with Crippen LogP contribution in [-0.4, -0.2) is 10.9 Å². The maximum Gasteiger partial charge on any atom is 0.231 e. The molecule has 0 aliphatic heterocycles. The molecule has 0 saturated heterocycles. The predicted molar refractivity (Wildman–Crippen MR) is 81.7 cm³/mol. The monoisotopic (exact) mass is 322 g/mol. The molecule has 1 amide bonds. The third-order valence-electron chi connectivity index (χ3n) is 2.42. The Morgan fingerprint density at radius 2 is 1.89 bits per heavy atom. The fraction of sp³-hybridized carbons (Fsp3) is 0.0769. The Morgan fingerprint density at radius 1 is 1.22 bits per heavy atom. The van der Waals surface area contributed by atoms with Gasteiger partial charge < -0.3 is 11.1 Å². The van der Waals surface area contributed by atoms with E-state index in [0.29, 0.717) is 0 Å². The zero-order valence-electron chi connectivity index (χ0n) is 9.44. The van der Waals surface area contributed by atoms with E-state index in [1.807, 2.05) is 36.4 Å². The van der Waals surface area contributed by atoms with E-state index in [4.69, 9.17) is 18.0 Å². The standard InChI is InChI=1S/C13H11BrN2OS/c14-10-3-1-9-6-11(4-2-8(9)5-10)16-13(17)7-12(15)18/h1-6H,7H2,(H2,15,18)(H,16,17). The number of hydrogen-bond acceptors (Lipinski definition) is 2. The Bertz CT molecular complexity index is 627. The first kappa shape index (κ1) is 13.0. The SMILES string of the molecule is NC(=S)CC(=O)Nc1ccc2cc(Br)ccc2c1. The molecule has 0 bridgehead atoms. The highest BCUT2D eigenvalue weighted by molar-refractivity contribution is 9.10. The topological polar surface area (TPSA) is 55.1 Å². The minimum Gasteiger partial charge on any atom is -0.393 e. The van der Waals surface area contributed by atoms with Crippen molar-refractivity contribution in [3.05, 3.63) is 40.9 Å². The number of amides is 1. The summed E-state index contributed by atoms with van der Waals surface area (Å²) in [5.41, 5.74) is 6.06. The van der Waals surface area contributed by atoms with Crippen LogP contribution < -0.4 is 11.1 Å². The fourth-order valence-electron chi connectivity index (χ4n) is 1.66. The van der Waals surface area contributed by atoms with Crippen molar-refractivity contribution in [3.63, 3.8) is 0 Å². The van der Waals surface area contributed by atoms with Crippen molar-refractivity contribution in [2.75, 3.05) is 5.32 Å². The number of nitrogens with two attached hydrogens (primary N) is 1. The highest BCUT2D eigenvalue weighted by atomic mass is 79.9. The molecule has 3 N–H and O–H groups in total. The second-order valence-corrected chi connectivity index (χ2v) is 5.34. The molecule has 5 heteroatoms. The number of rotatable bonds is 3. The van der Waals surface area contributed by atoms with E-state index in [-0.39, 0.29) is 17.3 Å². The van der Waals surface area contributed by atoms with Gasteiger partial charge in [0.05, 0.1) is 11.4 Å². The quantitative estimate of drug-likeness (QED) is 0.853. The van der Waals surface area contributed by atoms with Crippen molar-refractivity contribution in [2.45, 2.75) is 6.42 Å². The lowest BCUT2D eigenvalue weighted by Crippen LogP contribution is -2.20. The van der Waals surface area contributed by atoms with E-state index in [1.165, 1.54) is 0 Å². The van der Waals surface area contributed by atoms with Gasteiger partial charge in [-0.05, 0) is 35.0 Å². The Balaban J connectivity index is 2.22. The molecule has 2 aromatic rings. The number of fused-ring (bicyclic) bond motifs is 1. The summed E-state index contributed by atoms with van der Waals surface area (Å²) in [5.74, 6) is -0.195. The molecule has 2 aromatic carbocycles. The highest BCUT2D eigenvalue weighted by Crippen LogP contribution is 2.22. The van der Waals surface area contributed by atoms with Gasteiger partial charge >= 0.3 is 0 Å². The Hall–Kier alpha value is -1.46. The summed E-state index contributed by atoms with van der Waals surface area (Å²) in [4.78, 5) is 11.7. The average Bonchev–Trinajstić information content (AvgIpc) is 2.28. The van der Waals surface area contributed by atoms with Crippen molar-refractivity contribution in [3.8, 4) is 0 Å². The third kappa shape index (κ3) is 3.27. The van der Waals surface area contributed by atoms with Gasteiger partial charge in [0, 0.05) is 10.2 Å². The molecule has 2 rings (SSSR count). The molecule has 0 saturated carbocycles. The Morgan fingerprint density at radius 3 is 2.61 bits per heavy atom. The molecule has 92 valence electrons. The van der Waals surface area contributed by atoms with Crippen LogP contribution in [0.4, 0.5) is 5.69 Å². The van der Waals surface area contributed by atoms with E-state index in [9.17, 15) is 4.79 Å². The summed E-state index contributed by atoms with van der Waals surface area (Å²) >= 11 is 8.11. The number of nitrogens with one attached hydrogen (secondary N) is 1. The Kier molecular flexibility index (Phi) is 3.93. The molecule has 0 aliphatic carbocycles. The van der Waals surface area contributed by atoms with Gasteiger partial charge in [0.25, 0.3) is 0 Å². The highest BCUT2D eigenvalue weighted by Gasteiger charge is 2.04. The summed E-state index contributed by atoms with van der Waals surface area (Å²) in [5, 5.41) is 4.93.